The average Bonchev–Trinajstić information content (AvgIpc) is 3.14. The number of hydrogen-bond acceptors (Lipinski definition) is 2. The molecule has 7 heteroatoms. The van der Waals surface area contributed by atoms with Crippen molar-refractivity contribution in [2.45, 2.75) is 18.2 Å². The third-order valence-electron chi connectivity index (χ3n) is 4.34. The van der Waals surface area contributed by atoms with E-state index in [2.05, 4.69) is 27.6 Å². The minimum Gasteiger partial charge on any atom is -0.354 e. The standard InChI is InChI=1S/C18H12ClF2IN2O/c19-14-4-2-1-3-12(14)16-18(25-16,10-24-8-7-23-17(24)22)13-6-5-11(20)9-15(13)21/h1-9,16H,10H2/t16?,18-/m0/s1. The molecule has 2 atom stereocenters. The van der Waals surface area contributed by atoms with E-state index in [1.807, 2.05) is 22.8 Å². The minimum atomic E-state index is -0.955. The molecule has 0 bridgehead atoms. The van der Waals surface area contributed by atoms with E-state index in [1.165, 1.54) is 12.1 Å². The molecule has 128 valence electrons. The van der Waals surface area contributed by atoms with Crippen molar-refractivity contribution >= 4 is 34.2 Å². The maximum atomic E-state index is 14.5. The molecular weight excluding hydrogens is 461 g/mol. The molecule has 1 aliphatic heterocycles. The van der Waals surface area contributed by atoms with Crippen molar-refractivity contribution in [2.75, 3.05) is 0 Å². The molecular formula is C18H12ClF2IN2O. The van der Waals surface area contributed by atoms with Crippen molar-refractivity contribution in [1.29, 1.82) is 0 Å². The predicted molar refractivity (Wildman–Crippen MR) is 98.3 cm³/mol. The fourth-order valence-electron chi connectivity index (χ4n) is 3.10. The zero-order valence-electron chi connectivity index (χ0n) is 12.8. The number of halogens is 4. The van der Waals surface area contributed by atoms with Gasteiger partial charge in [0.2, 0.25) is 0 Å². The Morgan fingerprint density at radius 3 is 2.72 bits per heavy atom. The lowest BCUT2D eigenvalue weighted by Gasteiger charge is -2.16. The van der Waals surface area contributed by atoms with Crippen molar-refractivity contribution in [3.8, 4) is 0 Å². The van der Waals surface area contributed by atoms with Gasteiger partial charge >= 0.3 is 0 Å². The number of benzene rings is 2. The highest BCUT2D eigenvalue weighted by molar-refractivity contribution is 14.1. The summed E-state index contributed by atoms with van der Waals surface area (Å²) >= 11 is 8.40. The Bertz CT molecular complexity index is 948. The monoisotopic (exact) mass is 472 g/mol. The van der Waals surface area contributed by atoms with Crippen LogP contribution in [0.15, 0.2) is 54.9 Å². The molecule has 0 aliphatic carbocycles. The fourth-order valence-corrected chi connectivity index (χ4v) is 3.83. The van der Waals surface area contributed by atoms with Crippen LogP contribution in [-0.2, 0) is 16.9 Å². The summed E-state index contributed by atoms with van der Waals surface area (Å²) in [4.78, 5) is 4.19. The van der Waals surface area contributed by atoms with Crippen LogP contribution in [0.25, 0.3) is 0 Å². The maximum Gasteiger partial charge on any atom is 0.171 e. The van der Waals surface area contributed by atoms with Gasteiger partial charge in [-0.05, 0) is 34.7 Å². The SMILES string of the molecule is Fc1ccc([C@]2(Cn3ccnc3I)OC2c2ccccc2Cl)c(F)c1. The van der Waals surface area contributed by atoms with Gasteiger partial charge in [-0.3, -0.25) is 0 Å². The van der Waals surface area contributed by atoms with Crippen LogP contribution in [0.4, 0.5) is 8.78 Å². The van der Waals surface area contributed by atoms with E-state index in [1.54, 1.807) is 18.5 Å². The third kappa shape index (κ3) is 2.96. The van der Waals surface area contributed by atoms with Gasteiger partial charge in [0.25, 0.3) is 0 Å². The molecule has 1 fully saturated rings. The first kappa shape index (κ1) is 16.9. The van der Waals surface area contributed by atoms with Crippen LogP contribution in [0.1, 0.15) is 17.2 Å². The summed E-state index contributed by atoms with van der Waals surface area (Å²) < 4.78 is 36.5. The zero-order chi connectivity index (χ0) is 17.6. The highest BCUT2D eigenvalue weighted by Crippen LogP contribution is 2.59. The molecule has 1 saturated heterocycles. The van der Waals surface area contributed by atoms with E-state index in [4.69, 9.17) is 16.3 Å². The fraction of sp³-hybridized carbons (Fsp3) is 0.167. The molecule has 1 unspecified atom stereocenters. The molecule has 2 aromatic carbocycles. The second kappa shape index (κ2) is 6.34. The molecule has 4 rings (SSSR count). The van der Waals surface area contributed by atoms with Crippen molar-refractivity contribution in [2.24, 2.45) is 0 Å². The Hall–Kier alpha value is -1.51. The van der Waals surface area contributed by atoms with Crippen molar-refractivity contribution < 1.29 is 13.5 Å². The van der Waals surface area contributed by atoms with Gasteiger partial charge in [-0.2, -0.15) is 0 Å². The minimum absolute atomic E-state index is 0.309. The number of ether oxygens (including phenoxy) is 1. The number of epoxide rings is 1. The highest BCUT2D eigenvalue weighted by atomic mass is 127. The Kier molecular flexibility index (Phi) is 4.29. The number of imidazole rings is 1. The van der Waals surface area contributed by atoms with Gasteiger partial charge in [0, 0.05) is 34.6 Å². The molecule has 1 aliphatic rings. The van der Waals surface area contributed by atoms with Crippen LogP contribution in [-0.4, -0.2) is 9.55 Å². The summed E-state index contributed by atoms with van der Waals surface area (Å²) in [6.45, 7) is 0.351. The zero-order valence-corrected chi connectivity index (χ0v) is 15.7. The second-order valence-electron chi connectivity index (χ2n) is 5.86. The van der Waals surface area contributed by atoms with Crippen molar-refractivity contribution in [3.63, 3.8) is 0 Å². The molecule has 0 saturated carbocycles. The number of nitrogens with zero attached hydrogens (tertiary/aromatic N) is 2. The Morgan fingerprint density at radius 2 is 2.04 bits per heavy atom. The third-order valence-corrected chi connectivity index (χ3v) is 5.58. The topological polar surface area (TPSA) is 30.4 Å². The van der Waals surface area contributed by atoms with E-state index in [9.17, 15) is 8.78 Å². The van der Waals surface area contributed by atoms with Crippen LogP contribution >= 0.6 is 34.2 Å². The summed E-state index contributed by atoms with van der Waals surface area (Å²) in [6, 6.07) is 10.9. The second-order valence-corrected chi connectivity index (χ2v) is 7.23. The quantitative estimate of drug-likeness (QED) is 0.391. The van der Waals surface area contributed by atoms with Crippen molar-refractivity contribution in [3.05, 3.63) is 86.5 Å². The van der Waals surface area contributed by atoms with Gasteiger partial charge in [0.15, 0.2) is 3.83 Å². The highest BCUT2D eigenvalue weighted by Gasteiger charge is 2.60. The number of rotatable bonds is 4. The predicted octanol–water partition coefficient (Wildman–Crippen LogP) is 5.09. The van der Waals surface area contributed by atoms with Crippen LogP contribution in [0, 0.1) is 15.5 Å². The van der Waals surface area contributed by atoms with Crippen LogP contribution in [0.2, 0.25) is 5.02 Å². The van der Waals surface area contributed by atoms with Gasteiger partial charge in [0.05, 0.1) is 6.54 Å². The first-order valence-corrected chi connectivity index (χ1v) is 9.01. The summed E-state index contributed by atoms with van der Waals surface area (Å²) in [7, 11) is 0. The Labute approximate surface area is 161 Å². The van der Waals surface area contributed by atoms with Crippen LogP contribution < -0.4 is 0 Å². The van der Waals surface area contributed by atoms with Crippen molar-refractivity contribution in [1.82, 2.24) is 9.55 Å². The van der Waals surface area contributed by atoms with Gasteiger partial charge in [-0.1, -0.05) is 35.9 Å². The Morgan fingerprint density at radius 1 is 1.24 bits per heavy atom. The molecule has 3 aromatic rings. The summed E-state index contributed by atoms with van der Waals surface area (Å²) in [5.74, 6) is -1.26. The summed E-state index contributed by atoms with van der Waals surface area (Å²) in [5, 5.41) is 0.553. The summed E-state index contributed by atoms with van der Waals surface area (Å²) in [5.41, 5.74) is 0.134. The van der Waals surface area contributed by atoms with Crippen LogP contribution in [0.5, 0.6) is 0 Å². The molecule has 2 heterocycles. The van der Waals surface area contributed by atoms with Gasteiger partial charge in [-0.25, -0.2) is 13.8 Å². The van der Waals surface area contributed by atoms with E-state index in [0.29, 0.717) is 17.1 Å². The number of hydrogen-bond donors (Lipinski definition) is 0. The van der Waals surface area contributed by atoms with Gasteiger partial charge in [0.1, 0.15) is 23.3 Å². The van der Waals surface area contributed by atoms with E-state index >= 15 is 0 Å². The Balaban J connectivity index is 1.80. The molecule has 3 nitrogen and oxygen atoms in total. The first-order valence-electron chi connectivity index (χ1n) is 7.56. The maximum absolute atomic E-state index is 14.5. The summed E-state index contributed by atoms with van der Waals surface area (Å²) in [6.07, 6.45) is 3.05. The van der Waals surface area contributed by atoms with Crippen LogP contribution in [0.3, 0.4) is 0 Å². The molecule has 0 spiro atoms. The molecule has 0 N–H and O–H groups in total. The average molecular weight is 473 g/mol. The molecule has 25 heavy (non-hydrogen) atoms. The lowest BCUT2D eigenvalue weighted by molar-refractivity contribution is 0.262. The van der Waals surface area contributed by atoms with Gasteiger partial charge < -0.3 is 9.30 Å². The van der Waals surface area contributed by atoms with E-state index < -0.39 is 23.3 Å². The first-order chi connectivity index (χ1) is 12.0. The lowest BCUT2D eigenvalue weighted by atomic mass is 9.91. The molecule has 0 radical (unpaired) electrons. The molecule has 1 aromatic heterocycles. The molecule has 0 amide bonds. The van der Waals surface area contributed by atoms with E-state index in [0.717, 1.165) is 15.5 Å². The lowest BCUT2D eigenvalue weighted by Crippen LogP contribution is -2.21. The van der Waals surface area contributed by atoms with E-state index in [-0.39, 0.29) is 0 Å². The number of aromatic nitrogens is 2. The van der Waals surface area contributed by atoms with Gasteiger partial charge in [-0.15, -0.1) is 0 Å². The largest absolute Gasteiger partial charge is 0.354 e. The normalized spacial score (nSPS) is 22.2. The smallest absolute Gasteiger partial charge is 0.171 e.